The van der Waals surface area contributed by atoms with Gasteiger partial charge in [0.25, 0.3) is 0 Å². The third-order valence-corrected chi connectivity index (χ3v) is 3.95. The Hall–Kier alpha value is -0.970. The molecule has 0 aromatic carbocycles. The van der Waals surface area contributed by atoms with E-state index in [0.717, 1.165) is 26.1 Å². The van der Waals surface area contributed by atoms with Crippen LogP contribution in [0.15, 0.2) is 18.5 Å². The molecule has 0 radical (unpaired) electrons. The predicted molar refractivity (Wildman–Crippen MR) is 83.6 cm³/mol. The number of nitrogens with two attached hydrogens (primary N) is 1. The molecule has 1 aliphatic rings. The summed E-state index contributed by atoms with van der Waals surface area (Å²) < 4.78 is 0. The van der Waals surface area contributed by atoms with Gasteiger partial charge in [0.2, 0.25) is 0 Å². The molecule has 1 aromatic rings. The topological polar surface area (TPSA) is 45.4 Å². The maximum atomic E-state index is 5.56. The summed E-state index contributed by atoms with van der Waals surface area (Å²) in [6, 6.07) is 2.25. The summed E-state index contributed by atoms with van der Waals surface area (Å²) >= 11 is 0. The Balaban J connectivity index is 1.77. The summed E-state index contributed by atoms with van der Waals surface area (Å²) in [6.45, 7) is 9.94. The van der Waals surface area contributed by atoms with Crippen LogP contribution in [0.1, 0.15) is 30.4 Å². The van der Waals surface area contributed by atoms with Crippen molar-refractivity contribution in [3.63, 3.8) is 0 Å². The Morgan fingerprint density at radius 1 is 1.10 bits per heavy atom. The maximum absolute atomic E-state index is 5.56. The van der Waals surface area contributed by atoms with Crippen molar-refractivity contribution in [1.82, 2.24) is 14.8 Å². The molecule has 112 valence electrons. The zero-order valence-corrected chi connectivity index (χ0v) is 12.7. The molecule has 0 atom stereocenters. The van der Waals surface area contributed by atoms with Crippen molar-refractivity contribution in [3.05, 3.63) is 29.6 Å². The largest absolute Gasteiger partial charge is 0.330 e. The molecule has 0 saturated carbocycles. The van der Waals surface area contributed by atoms with Crippen LogP contribution in [0.3, 0.4) is 0 Å². The van der Waals surface area contributed by atoms with Gasteiger partial charge < -0.3 is 10.6 Å². The van der Waals surface area contributed by atoms with Gasteiger partial charge in [0.15, 0.2) is 0 Å². The van der Waals surface area contributed by atoms with Gasteiger partial charge in [-0.2, -0.15) is 0 Å². The van der Waals surface area contributed by atoms with Gasteiger partial charge in [-0.15, -0.1) is 0 Å². The number of pyridine rings is 1. The van der Waals surface area contributed by atoms with Crippen LogP contribution in [0.25, 0.3) is 0 Å². The fourth-order valence-electron chi connectivity index (χ4n) is 2.85. The Bertz CT molecular complexity index is 394. The fourth-order valence-corrected chi connectivity index (χ4v) is 2.85. The smallest absolute Gasteiger partial charge is 0.0313 e. The van der Waals surface area contributed by atoms with E-state index in [1.807, 2.05) is 12.4 Å². The second kappa shape index (κ2) is 8.35. The summed E-state index contributed by atoms with van der Waals surface area (Å²) in [5.74, 6) is 0. The average molecular weight is 276 g/mol. The molecule has 1 aromatic heterocycles. The number of aryl methyl sites for hydroxylation is 1. The van der Waals surface area contributed by atoms with Crippen LogP contribution in [0.2, 0.25) is 0 Å². The monoisotopic (exact) mass is 276 g/mol. The molecule has 1 aliphatic heterocycles. The predicted octanol–water partition coefficient (Wildman–Crippen LogP) is 1.64. The summed E-state index contributed by atoms with van der Waals surface area (Å²) in [7, 11) is 0. The Morgan fingerprint density at radius 3 is 2.70 bits per heavy atom. The number of aromatic nitrogens is 1. The number of rotatable bonds is 6. The van der Waals surface area contributed by atoms with Crippen LogP contribution >= 0.6 is 0 Å². The van der Waals surface area contributed by atoms with Crippen LogP contribution in [0.5, 0.6) is 0 Å². The first kappa shape index (κ1) is 15.4. The molecular weight excluding hydrogens is 248 g/mol. The van der Waals surface area contributed by atoms with Gasteiger partial charge in [-0.1, -0.05) is 6.07 Å². The lowest BCUT2D eigenvalue weighted by atomic mass is 10.2. The van der Waals surface area contributed by atoms with Crippen molar-refractivity contribution in [2.75, 3.05) is 39.3 Å². The number of hydrogen-bond acceptors (Lipinski definition) is 4. The van der Waals surface area contributed by atoms with Crippen molar-refractivity contribution in [2.24, 2.45) is 5.73 Å². The molecule has 4 heteroatoms. The minimum absolute atomic E-state index is 0.820. The van der Waals surface area contributed by atoms with E-state index in [4.69, 9.17) is 5.73 Å². The average Bonchev–Trinajstić information content (AvgIpc) is 2.65. The molecule has 0 spiro atoms. The lowest BCUT2D eigenvalue weighted by Crippen LogP contribution is -2.31. The Labute approximate surface area is 123 Å². The molecule has 2 heterocycles. The number of unbranched alkanes of at least 4 members (excludes halogenated alkanes) is 1. The van der Waals surface area contributed by atoms with Gasteiger partial charge in [-0.25, -0.2) is 0 Å². The Morgan fingerprint density at radius 2 is 1.90 bits per heavy atom. The molecule has 0 unspecified atom stereocenters. The third kappa shape index (κ3) is 5.19. The quantitative estimate of drug-likeness (QED) is 0.802. The SMILES string of the molecule is Cc1cncc(CN2CCCN(CCCCN)CC2)c1. The summed E-state index contributed by atoms with van der Waals surface area (Å²) in [5, 5.41) is 0. The van der Waals surface area contributed by atoms with Gasteiger partial charge in [0.05, 0.1) is 0 Å². The molecular formula is C16H28N4. The van der Waals surface area contributed by atoms with E-state index >= 15 is 0 Å². The molecule has 1 fully saturated rings. The highest BCUT2D eigenvalue weighted by Gasteiger charge is 2.14. The summed E-state index contributed by atoms with van der Waals surface area (Å²) in [5.41, 5.74) is 8.15. The fraction of sp³-hybridized carbons (Fsp3) is 0.688. The van der Waals surface area contributed by atoms with Gasteiger partial charge in [0.1, 0.15) is 0 Å². The molecule has 2 rings (SSSR count). The van der Waals surface area contributed by atoms with Gasteiger partial charge >= 0.3 is 0 Å². The maximum Gasteiger partial charge on any atom is 0.0313 e. The van der Waals surface area contributed by atoms with E-state index in [-0.39, 0.29) is 0 Å². The molecule has 0 bridgehead atoms. The second-order valence-electron chi connectivity index (χ2n) is 5.84. The van der Waals surface area contributed by atoms with Crippen molar-refractivity contribution < 1.29 is 0 Å². The van der Waals surface area contributed by atoms with Gasteiger partial charge in [-0.05, 0) is 63.5 Å². The van der Waals surface area contributed by atoms with E-state index in [1.165, 1.54) is 50.1 Å². The van der Waals surface area contributed by atoms with Crippen LogP contribution in [0, 0.1) is 6.92 Å². The van der Waals surface area contributed by atoms with E-state index in [2.05, 4.69) is 27.8 Å². The van der Waals surface area contributed by atoms with E-state index < -0.39 is 0 Å². The van der Waals surface area contributed by atoms with Crippen LogP contribution in [0.4, 0.5) is 0 Å². The minimum Gasteiger partial charge on any atom is -0.330 e. The van der Waals surface area contributed by atoms with Crippen molar-refractivity contribution in [1.29, 1.82) is 0 Å². The first-order chi connectivity index (χ1) is 9.78. The van der Waals surface area contributed by atoms with Crippen LogP contribution in [-0.4, -0.2) is 54.1 Å². The van der Waals surface area contributed by atoms with E-state index in [0.29, 0.717) is 0 Å². The van der Waals surface area contributed by atoms with Crippen molar-refractivity contribution >= 4 is 0 Å². The molecule has 4 nitrogen and oxygen atoms in total. The highest BCUT2D eigenvalue weighted by molar-refractivity contribution is 5.16. The normalized spacial score (nSPS) is 18.1. The van der Waals surface area contributed by atoms with Gasteiger partial charge in [-0.3, -0.25) is 9.88 Å². The third-order valence-electron chi connectivity index (χ3n) is 3.95. The number of hydrogen-bond donors (Lipinski definition) is 1. The lowest BCUT2D eigenvalue weighted by Gasteiger charge is -2.21. The highest BCUT2D eigenvalue weighted by atomic mass is 15.2. The van der Waals surface area contributed by atoms with Crippen LogP contribution in [-0.2, 0) is 6.54 Å². The van der Waals surface area contributed by atoms with Crippen molar-refractivity contribution in [3.8, 4) is 0 Å². The standard InChI is InChI=1S/C16H28N4/c1-15-11-16(13-18-12-15)14-20-8-4-7-19(9-10-20)6-3-2-5-17/h11-13H,2-10,14,17H2,1H3. The molecule has 2 N–H and O–H groups in total. The zero-order chi connectivity index (χ0) is 14.2. The lowest BCUT2D eigenvalue weighted by molar-refractivity contribution is 0.249. The highest BCUT2D eigenvalue weighted by Crippen LogP contribution is 2.10. The number of nitrogens with zero attached hydrogens (tertiary/aromatic N) is 3. The Kier molecular flexibility index (Phi) is 6.43. The van der Waals surface area contributed by atoms with Gasteiger partial charge in [0, 0.05) is 32.0 Å². The summed E-state index contributed by atoms with van der Waals surface area (Å²) in [6.07, 6.45) is 7.57. The summed E-state index contributed by atoms with van der Waals surface area (Å²) in [4.78, 5) is 9.43. The molecule has 1 saturated heterocycles. The molecule has 0 amide bonds. The molecule has 20 heavy (non-hydrogen) atoms. The zero-order valence-electron chi connectivity index (χ0n) is 12.7. The van der Waals surface area contributed by atoms with Crippen LogP contribution < -0.4 is 5.73 Å². The minimum atomic E-state index is 0.820. The van der Waals surface area contributed by atoms with E-state index in [1.54, 1.807) is 0 Å². The first-order valence-corrected chi connectivity index (χ1v) is 7.83. The van der Waals surface area contributed by atoms with E-state index in [9.17, 15) is 0 Å². The first-order valence-electron chi connectivity index (χ1n) is 7.83. The van der Waals surface area contributed by atoms with Crippen molar-refractivity contribution in [2.45, 2.75) is 32.7 Å². The molecule has 0 aliphatic carbocycles. The second-order valence-corrected chi connectivity index (χ2v) is 5.84.